The van der Waals surface area contributed by atoms with Gasteiger partial charge in [0.15, 0.2) is 0 Å². The fourth-order valence-corrected chi connectivity index (χ4v) is 2.12. The van der Waals surface area contributed by atoms with Gasteiger partial charge in [-0.05, 0) is 11.5 Å². The molecule has 0 saturated carbocycles. The summed E-state index contributed by atoms with van der Waals surface area (Å²) in [5.41, 5.74) is 0. The van der Waals surface area contributed by atoms with Crippen LogP contribution in [-0.4, -0.2) is 14.2 Å². The monoisotopic (exact) mass is 236 g/mol. The second-order valence-corrected chi connectivity index (χ2v) is 4.52. The van der Waals surface area contributed by atoms with Gasteiger partial charge in [-0.15, -0.1) is 0 Å². The molecule has 0 amide bonds. The first kappa shape index (κ1) is 11.3. The van der Waals surface area contributed by atoms with E-state index in [1.54, 1.807) is 14.2 Å². The molecule has 0 saturated heterocycles. The van der Waals surface area contributed by atoms with Crippen molar-refractivity contribution in [2.45, 2.75) is 0 Å². The van der Waals surface area contributed by atoms with E-state index in [1.807, 2.05) is 42.5 Å². The van der Waals surface area contributed by atoms with E-state index in [1.165, 1.54) is 0 Å². The van der Waals surface area contributed by atoms with Crippen molar-refractivity contribution in [2.24, 2.45) is 0 Å². The van der Waals surface area contributed by atoms with Crippen LogP contribution in [0, 0.1) is 0 Å². The topological polar surface area (TPSA) is 27.7 Å². The quantitative estimate of drug-likeness (QED) is 0.757. The number of benzene rings is 2. The van der Waals surface area contributed by atoms with Crippen molar-refractivity contribution in [3.05, 3.63) is 42.5 Å². The highest BCUT2D eigenvalue weighted by Gasteiger charge is 2.11. The Labute approximate surface area is 95.9 Å². The predicted molar refractivity (Wildman–Crippen MR) is 65.5 cm³/mol. The van der Waals surface area contributed by atoms with E-state index in [4.69, 9.17) is 13.6 Å². The molecule has 2 rings (SSSR count). The van der Waals surface area contributed by atoms with Crippen LogP contribution in [0.25, 0.3) is 10.8 Å². The molecule has 0 aliphatic heterocycles. The first-order valence-electron chi connectivity index (χ1n) is 4.89. The molecule has 0 unspecified atom stereocenters. The molecule has 0 heterocycles. The van der Waals surface area contributed by atoms with Gasteiger partial charge >= 0.3 is 8.60 Å². The Morgan fingerprint density at radius 2 is 1.56 bits per heavy atom. The molecule has 2 aromatic rings. The van der Waals surface area contributed by atoms with Gasteiger partial charge in [-0.3, -0.25) is 0 Å². The van der Waals surface area contributed by atoms with Crippen LogP contribution in [-0.2, 0) is 9.05 Å². The van der Waals surface area contributed by atoms with Crippen LogP contribution >= 0.6 is 8.60 Å². The second-order valence-electron chi connectivity index (χ2n) is 3.16. The van der Waals surface area contributed by atoms with Gasteiger partial charge in [-0.25, -0.2) is 0 Å². The predicted octanol–water partition coefficient (Wildman–Crippen LogP) is 3.74. The molecular formula is C12H13O3P. The number of fused-ring (bicyclic) bond motifs is 1. The first-order valence-corrected chi connectivity index (χ1v) is 5.99. The normalized spacial score (nSPS) is 10.9. The average Bonchev–Trinajstić information content (AvgIpc) is 2.36. The third kappa shape index (κ3) is 2.33. The number of hydrogen-bond donors (Lipinski definition) is 0. The lowest BCUT2D eigenvalue weighted by Crippen LogP contribution is -1.92. The zero-order valence-corrected chi connectivity index (χ0v) is 10.1. The molecule has 0 fully saturated rings. The summed E-state index contributed by atoms with van der Waals surface area (Å²) in [5, 5.41) is 2.20. The summed E-state index contributed by atoms with van der Waals surface area (Å²) in [6, 6.07) is 14.0. The van der Waals surface area contributed by atoms with Crippen molar-refractivity contribution in [1.82, 2.24) is 0 Å². The summed E-state index contributed by atoms with van der Waals surface area (Å²) in [6.45, 7) is 0. The lowest BCUT2D eigenvalue weighted by Gasteiger charge is -2.14. The van der Waals surface area contributed by atoms with E-state index >= 15 is 0 Å². The summed E-state index contributed by atoms with van der Waals surface area (Å²) in [4.78, 5) is 0. The standard InChI is InChI=1S/C12H13O3P/c1-13-16(14-2)15-12-9-5-7-10-6-3-4-8-11(10)12/h3-9H,1-2H3. The summed E-state index contributed by atoms with van der Waals surface area (Å²) in [5.74, 6) is 0.785. The Morgan fingerprint density at radius 3 is 2.31 bits per heavy atom. The van der Waals surface area contributed by atoms with Gasteiger partial charge < -0.3 is 13.6 Å². The van der Waals surface area contributed by atoms with Crippen molar-refractivity contribution in [1.29, 1.82) is 0 Å². The Morgan fingerprint density at radius 1 is 0.875 bits per heavy atom. The highest BCUT2D eigenvalue weighted by atomic mass is 31.2. The maximum absolute atomic E-state index is 5.65. The molecular weight excluding hydrogens is 223 g/mol. The first-order chi connectivity index (χ1) is 7.85. The summed E-state index contributed by atoms with van der Waals surface area (Å²) in [7, 11) is 1.83. The molecule has 0 spiro atoms. The summed E-state index contributed by atoms with van der Waals surface area (Å²) >= 11 is 0. The zero-order chi connectivity index (χ0) is 11.4. The molecule has 0 atom stereocenters. The summed E-state index contributed by atoms with van der Waals surface area (Å²) in [6.07, 6.45) is 0. The maximum Gasteiger partial charge on any atom is 0.396 e. The van der Waals surface area contributed by atoms with Gasteiger partial charge in [0.2, 0.25) is 0 Å². The molecule has 0 aliphatic carbocycles. The van der Waals surface area contributed by atoms with Gasteiger partial charge in [0, 0.05) is 19.6 Å². The van der Waals surface area contributed by atoms with Crippen molar-refractivity contribution < 1.29 is 13.6 Å². The fourth-order valence-electron chi connectivity index (χ4n) is 1.50. The fraction of sp³-hybridized carbons (Fsp3) is 0.167. The Kier molecular flexibility index (Phi) is 3.73. The number of hydrogen-bond acceptors (Lipinski definition) is 3. The van der Waals surface area contributed by atoms with Gasteiger partial charge in [-0.1, -0.05) is 36.4 Å². The van der Waals surface area contributed by atoms with Crippen molar-refractivity contribution in [2.75, 3.05) is 14.2 Å². The SMILES string of the molecule is COP(OC)Oc1cccc2ccccc12. The molecule has 16 heavy (non-hydrogen) atoms. The van der Waals surface area contributed by atoms with Gasteiger partial charge in [-0.2, -0.15) is 0 Å². The van der Waals surface area contributed by atoms with Crippen LogP contribution in [0.15, 0.2) is 42.5 Å². The van der Waals surface area contributed by atoms with Crippen LogP contribution < -0.4 is 4.52 Å². The molecule has 2 aromatic carbocycles. The molecule has 3 nitrogen and oxygen atoms in total. The lowest BCUT2D eigenvalue weighted by atomic mass is 10.1. The molecule has 0 bridgehead atoms. The minimum atomic E-state index is -1.31. The van der Waals surface area contributed by atoms with Crippen LogP contribution in [0.3, 0.4) is 0 Å². The van der Waals surface area contributed by atoms with E-state index in [0.29, 0.717) is 0 Å². The second kappa shape index (κ2) is 5.26. The van der Waals surface area contributed by atoms with Gasteiger partial charge in [0.25, 0.3) is 0 Å². The Bertz CT molecular complexity index is 463. The van der Waals surface area contributed by atoms with E-state index < -0.39 is 8.60 Å². The minimum Gasteiger partial charge on any atom is -0.426 e. The van der Waals surface area contributed by atoms with Gasteiger partial charge in [0.1, 0.15) is 5.75 Å². The lowest BCUT2D eigenvalue weighted by molar-refractivity contribution is 0.278. The third-order valence-corrected chi connectivity index (χ3v) is 3.16. The zero-order valence-electron chi connectivity index (χ0n) is 9.21. The molecule has 4 heteroatoms. The Balaban J connectivity index is 2.36. The molecule has 84 valence electrons. The van der Waals surface area contributed by atoms with E-state index in [0.717, 1.165) is 16.5 Å². The highest BCUT2D eigenvalue weighted by Crippen LogP contribution is 2.41. The van der Waals surface area contributed by atoms with E-state index in [-0.39, 0.29) is 0 Å². The van der Waals surface area contributed by atoms with Crippen molar-refractivity contribution in [3.8, 4) is 5.75 Å². The summed E-state index contributed by atoms with van der Waals surface area (Å²) < 4.78 is 15.8. The van der Waals surface area contributed by atoms with Crippen LogP contribution in [0.1, 0.15) is 0 Å². The van der Waals surface area contributed by atoms with Gasteiger partial charge in [0.05, 0.1) is 0 Å². The Hall–Kier alpha value is -1.15. The molecule has 0 radical (unpaired) electrons. The van der Waals surface area contributed by atoms with Crippen LogP contribution in [0.4, 0.5) is 0 Å². The van der Waals surface area contributed by atoms with Crippen LogP contribution in [0.2, 0.25) is 0 Å². The maximum atomic E-state index is 5.65. The van der Waals surface area contributed by atoms with E-state index in [2.05, 4.69) is 0 Å². The average molecular weight is 236 g/mol. The van der Waals surface area contributed by atoms with E-state index in [9.17, 15) is 0 Å². The third-order valence-electron chi connectivity index (χ3n) is 2.22. The molecule has 0 aliphatic rings. The number of rotatable bonds is 4. The minimum absolute atomic E-state index is 0.785. The highest BCUT2D eigenvalue weighted by molar-refractivity contribution is 7.42. The van der Waals surface area contributed by atoms with Crippen molar-refractivity contribution in [3.63, 3.8) is 0 Å². The molecule has 0 aromatic heterocycles. The smallest absolute Gasteiger partial charge is 0.396 e. The van der Waals surface area contributed by atoms with Crippen LogP contribution in [0.5, 0.6) is 5.75 Å². The van der Waals surface area contributed by atoms with Crippen molar-refractivity contribution >= 4 is 19.4 Å². The largest absolute Gasteiger partial charge is 0.426 e. The molecule has 0 N–H and O–H groups in total.